The molecule has 0 aliphatic heterocycles. The Bertz CT molecular complexity index is 590. The standard InChI is InChI=1S/C19H22O/c1-14(2)13-17-11-8-12-18(19(17)20-15(3)4)16-9-6-5-7-10-16/h5-13,15H,1-4H3. The molecular weight excluding hydrogens is 244 g/mol. The summed E-state index contributed by atoms with van der Waals surface area (Å²) in [4.78, 5) is 0. The highest BCUT2D eigenvalue weighted by Gasteiger charge is 2.11. The second kappa shape index (κ2) is 6.42. The lowest BCUT2D eigenvalue weighted by Gasteiger charge is -2.17. The van der Waals surface area contributed by atoms with Gasteiger partial charge in [-0.3, -0.25) is 0 Å². The third-order valence-electron chi connectivity index (χ3n) is 2.93. The van der Waals surface area contributed by atoms with Crippen LogP contribution in [0.15, 0.2) is 54.1 Å². The van der Waals surface area contributed by atoms with Crippen LogP contribution in [-0.2, 0) is 0 Å². The van der Waals surface area contributed by atoms with Crippen molar-refractivity contribution < 1.29 is 4.74 Å². The van der Waals surface area contributed by atoms with E-state index in [1.54, 1.807) is 0 Å². The number of hydrogen-bond donors (Lipinski definition) is 0. The van der Waals surface area contributed by atoms with E-state index in [1.165, 1.54) is 11.1 Å². The Hall–Kier alpha value is -2.02. The molecule has 0 radical (unpaired) electrons. The van der Waals surface area contributed by atoms with E-state index in [1.807, 2.05) is 6.07 Å². The van der Waals surface area contributed by atoms with Gasteiger partial charge in [0.1, 0.15) is 5.75 Å². The number of allylic oxidation sites excluding steroid dienone is 1. The number of para-hydroxylation sites is 1. The van der Waals surface area contributed by atoms with Crippen molar-refractivity contribution >= 4 is 6.08 Å². The minimum atomic E-state index is 0.157. The van der Waals surface area contributed by atoms with E-state index in [4.69, 9.17) is 4.74 Å². The highest BCUT2D eigenvalue weighted by Crippen LogP contribution is 2.35. The minimum Gasteiger partial charge on any atom is -0.490 e. The van der Waals surface area contributed by atoms with Gasteiger partial charge in [0.25, 0.3) is 0 Å². The average molecular weight is 266 g/mol. The SMILES string of the molecule is CC(C)=Cc1cccc(-c2ccccc2)c1OC(C)C. The Morgan fingerprint density at radius 2 is 1.65 bits per heavy atom. The van der Waals surface area contributed by atoms with E-state index in [0.29, 0.717) is 0 Å². The predicted octanol–water partition coefficient (Wildman–Crippen LogP) is 5.56. The van der Waals surface area contributed by atoms with Gasteiger partial charge < -0.3 is 4.74 Å². The van der Waals surface area contributed by atoms with Gasteiger partial charge in [-0.2, -0.15) is 0 Å². The summed E-state index contributed by atoms with van der Waals surface area (Å²) in [6.45, 7) is 8.34. The van der Waals surface area contributed by atoms with Crippen LogP contribution in [0.2, 0.25) is 0 Å². The van der Waals surface area contributed by atoms with Crippen molar-refractivity contribution in [1.82, 2.24) is 0 Å². The van der Waals surface area contributed by atoms with Crippen LogP contribution < -0.4 is 4.74 Å². The first kappa shape index (κ1) is 14.4. The first-order chi connectivity index (χ1) is 9.58. The molecule has 0 amide bonds. The van der Waals surface area contributed by atoms with Gasteiger partial charge in [0, 0.05) is 11.1 Å². The van der Waals surface area contributed by atoms with Crippen LogP contribution in [-0.4, -0.2) is 6.10 Å². The predicted molar refractivity (Wildman–Crippen MR) is 87.0 cm³/mol. The van der Waals surface area contributed by atoms with Gasteiger partial charge >= 0.3 is 0 Å². The molecule has 0 unspecified atom stereocenters. The number of rotatable bonds is 4. The van der Waals surface area contributed by atoms with Crippen LogP contribution in [0.3, 0.4) is 0 Å². The summed E-state index contributed by atoms with van der Waals surface area (Å²) in [5.74, 6) is 0.968. The maximum Gasteiger partial charge on any atom is 0.134 e. The van der Waals surface area contributed by atoms with Crippen molar-refractivity contribution in [3.8, 4) is 16.9 Å². The third kappa shape index (κ3) is 3.51. The maximum atomic E-state index is 6.09. The van der Waals surface area contributed by atoms with Crippen LogP contribution in [0.25, 0.3) is 17.2 Å². The molecular formula is C19H22O. The zero-order valence-corrected chi connectivity index (χ0v) is 12.7. The van der Waals surface area contributed by atoms with Gasteiger partial charge in [0.15, 0.2) is 0 Å². The molecule has 0 aliphatic carbocycles. The van der Waals surface area contributed by atoms with Crippen LogP contribution in [0.5, 0.6) is 5.75 Å². The summed E-state index contributed by atoms with van der Waals surface area (Å²) in [5.41, 5.74) is 4.74. The fourth-order valence-corrected chi connectivity index (χ4v) is 2.19. The zero-order chi connectivity index (χ0) is 14.5. The first-order valence-electron chi connectivity index (χ1n) is 7.08. The van der Waals surface area contributed by atoms with Gasteiger partial charge in [-0.15, -0.1) is 0 Å². The molecule has 20 heavy (non-hydrogen) atoms. The minimum absolute atomic E-state index is 0.157. The van der Waals surface area contributed by atoms with Gasteiger partial charge in [0.05, 0.1) is 6.10 Å². The molecule has 2 aromatic carbocycles. The molecule has 0 N–H and O–H groups in total. The molecule has 0 bridgehead atoms. The highest BCUT2D eigenvalue weighted by atomic mass is 16.5. The summed E-state index contributed by atoms with van der Waals surface area (Å²) < 4.78 is 6.09. The number of hydrogen-bond acceptors (Lipinski definition) is 1. The van der Waals surface area contributed by atoms with E-state index in [-0.39, 0.29) is 6.10 Å². The Morgan fingerprint density at radius 1 is 0.950 bits per heavy atom. The molecule has 0 heterocycles. The quantitative estimate of drug-likeness (QED) is 0.703. The van der Waals surface area contributed by atoms with Gasteiger partial charge in [-0.25, -0.2) is 0 Å². The summed E-state index contributed by atoms with van der Waals surface area (Å²) in [5, 5.41) is 0. The highest BCUT2D eigenvalue weighted by molar-refractivity contribution is 5.76. The van der Waals surface area contributed by atoms with Crippen molar-refractivity contribution in [2.75, 3.05) is 0 Å². The molecule has 1 nitrogen and oxygen atoms in total. The molecule has 0 atom stereocenters. The second-order valence-electron chi connectivity index (χ2n) is 5.48. The molecule has 0 fully saturated rings. The molecule has 2 rings (SSSR count). The Balaban J connectivity index is 2.59. The summed E-state index contributed by atoms with van der Waals surface area (Å²) >= 11 is 0. The summed E-state index contributed by atoms with van der Waals surface area (Å²) in [6.07, 6.45) is 2.33. The maximum absolute atomic E-state index is 6.09. The Labute approximate surface area is 121 Å². The van der Waals surface area contributed by atoms with Crippen LogP contribution in [0.4, 0.5) is 0 Å². The van der Waals surface area contributed by atoms with E-state index in [9.17, 15) is 0 Å². The lowest BCUT2D eigenvalue weighted by molar-refractivity contribution is 0.243. The van der Waals surface area contributed by atoms with Crippen molar-refractivity contribution in [2.45, 2.75) is 33.8 Å². The fraction of sp³-hybridized carbons (Fsp3) is 0.263. The topological polar surface area (TPSA) is 9.23 Å². The number of benzene rings is 2. The average Bonchev–Trinajstić information content (AvgIpc) is 2.40. The Morgan fingerprint density at radius 3 is 2.25 bits per heavy atom. The smallest absolute Gasteiger partial charge is 0.134 e. The zero-order valence-electron chi connectivity index (χ0n) is 12.7. The van der Waals surface area contributed by atoms with E-state index in [2.05, 4.69) is 76.2 Å². The van der Waals surface area contributed by atoms with Gasteiger partial charge in [-0.05, 0) is 33.3 Å². The first-order valence-corrected chi connectivity index (χ1v) is 7.08. The second-order valence-corrected chi connectivity index (χ2v) is 5.48. The van der Waals surface area contributed by atoms with E-state index >= 15 is 0 Å². The molecule has 1 heteroatoms. The largest absolute Gasteiger partial charge is 0.490 e. The van der Waals surface area contributed by atoms with E-state index in [0.717, 1.165) is 16.9 Å². The number of ether oxygens (including phenoxy) is 1. The fourth-order valence-electron chi connectivity index (χ4n) is 2.19. The summed E-state index contributed by atoms with van der Waals surface area (Å²) in [7, 11) is 0. The molecule has 0 saturated heterocycles. The van der Waals surface area contributed by atoms with Crippen molar-refractivity contribution in [1.29, 1.82) is 0 Å². The molecule has 0 spiro atoms. The Kier molecular flexibility index (Phi) is 4.62. The van der Waals surface area contributed by atoms with Crippen molar-refractivity contribution in [3.63, 3.8) is 0 Å². The normalized spacial score (nSPS) is 10.4. The van der Waals surface area contributed by atoms with E-state index < -0.39 is 0 Å². The monoisotopic (exact) mass is 266 g/mol. The molecule has 104 valence electrons. The molecule has 0 aromatic heterocycles. The molecule has 2 aromatic rings. The molecule has 0 saturated carbocycles. The molecule has 0 aliphatic rings. The lowest BCUT2D eigenvalue weighted by atomic mass is 10.00. The van der Waals surface area contributed by atoms with Gasteiger partial charge in [0.2, 0.25) is 0 Å². The van der Waals surface area contributed by atoms with Crippen LogP contribution in [0, 0.1) is 0 Å². The van der Waals surface area contributed by atoms with Crippen LogP contribution >= 0.6 is 0 Å². The van der Waals surface area contributed by atoms with Crippen LogP contribution in [0.1, 0.15) is 33.3 Å². The summed E-state index contributed by atoms with van der Waals surface area (Å²) in [6, 6.07) is 16.7. The van der Waals surface area contributed by atoms with Crippen molar-refractivity contribution in [2.24, 2.45) is 0 Å². The third-order valence-corrected chi connectivity index (χ3v) is 2.93. The van der Waals surface area contributed by atoms with Gasteiger partial charge in [-0.1, -0.05) is 60.2 Å². The lowest BCUT2D eigenvalue weighted by Crippen LogP contribution is -2.07. The van der Waals surface area contributed by atoms with Crippen molar-refractivity contribution in [3.05, 3.63) is 59.7 Å².